The average Bonchev–Trinajstić information content (AvgIpc) is 2.42. The van der Waals surface area contributed by atoms with Gasteiger partial charge in [0.15, 0.2) is 5.75 Å². The Balaban J connectivity index is 2.32. The minimum absolute atomic E-state index is 0.628. The molecule has 20 heavy (non-hydrogen) atoms. The smallest absolute Gasteiger partial charge is 0.150 e. The maximum Gasteiger partial charge on any atom is 0.150 e. The maximum absolute atomic E-state index is 6.28. The second-order valence-corrected chi connectivity index (χ2v) is 5.84. The lowest BCUT2D eigenvalue weighted by molar-refractivity contribution is 0.470. The number of para-hydroxylation sites is 1. The fourth-order valence-corrected chi connectivity index (χ4v) is 2.61. The largest absolute Gasteiger partial charge is 0.455 e. The molecule has 0 atom stereocenters. The molecular weight excluding hydrogens is 338 g/mol. The molecule has 0 aromatic heterocycles. The number of rotatable bonds is 5. The van der Waals surface area contributed by atoms with E-state index in [1.165, 1.54) is 0 Å². The molecule has 0 fully saturated rings. The van der Waals surface area contributed by atoms with Gasteiger partial charge in [-0.05, 0) is 43.3 Å². The van der Waals surface area contributed by atoms with E-state index in [9.17, 15) is 0 Å². The monoisotopic (exact) mass is 353 g/mol. The van der Waals surface area contributed by atoms with Crippen LogP contribution in [0.2, 0.25) is 5.02 Å². The molecule has 0 saturated carbocycles. The zero-order chi connectivity index (χ0) is 14.5. The molecular formula is C16H17BrClNO. The van der Waals surface area contributed by atoms with Crippen molar-refractivity contribution < 1.29 is 4.74 Å². The Labute approximate surface area is 133 Å². The van der Waals surface area contributed by atoms with Gasteiger partial charge in [-0.1, -0.05) is 46.6 Å². The molecule has 0 bridgehead atoms. The van der Waals surface area contributed by atoms with Gasteiger partial charge in [-0.2, -0.15) is 0 Å². The van der Waals surface area contributed by atoms with Crippen LogP contribution < -0.4 is 10.1 Å². The van der Waals surface area contributed by atoms with E-state index in [-0.39, 0.29) is 0 Å². The van der Waals surface area contributed by atoms with Gasteiger partial charge in [-0.15, -0.1) is 0 Å². The molecule has 2 aromatic carbocycles. The van der Waals surface area contributed by atoms with Crippen molar-refractivity contribution in [3.63, 3.8) is 0 Å². The Kier molecular flexibility index (Phi) is 5.46. The third-order valence-corrected chi connectivity index (χ3v) is 3.75. The molecule has 2 rings (SSSR count). The van der Waals surface area contributed by atoms with Gasteiger partial charge in [-0.3, -0.25) is 0 Å². The van der Waals surface area contributed by atoms with Crippen molar-refractivity contribution in [3.05, 3.63) is 57.0 Å². The van der Waals surface area contributed by atoms with E-state index in [0.29, 0.717) is 5.02 Å². The number of nitrogens with one attached hydrogen (secondary N) is 1. The van der Waals surface area contributed by atoms with Gasteiger partial charge in [0, 0.05) is 16.6 Å². The lowest BCUT2D eigenvalue weighted by Crippen LogP contribution is -2.12. The van der Waals surface area contributed by atoms with Crippen LogP contribution in [0, 0.1) is 6.92 Å². The highest BCUT2D eigenvalue weighted by molar-refractivity contribution is 9.10. The lowest BCUT2D eigenvalue weighted by atomic mass is 10.2. The molecule has 4 heteroatoms. The van der Waals surface area contributed by atoms with Gasteiger partial charge in [0.05, 0.1) is 5.02 Å². The summed E-state index contributed by atoms with van der Waals surface area (Å²) in [6.07, 6.45) is 0. The van der Waals surface area contributed by atoms with E-state index in [1.807, 2.05) is 43.3 Å². The number of hydrogen-bond acceptors (Lipinski definition) is 2. The van der Waals surface area contributed by atoms with Gasteiger partial charge in [-0.25, -0.2) is 0 Å². The van der Waals surface area contributed by atoms with Crippen molar-refractivity contribution in [2.75, 3.05) is 6.54 Å². The summed E-state index contributed by atoms with van der Waals surface area (Å²) < 4.78 is 7.07. The topological polar surface area (TPSA) is 21.3 Å². The Bertz CT molecular complexity index is 601. The summed E-state index contributed by atoms with van der Waals surface area (Å²) in [7, 11) is 0. The maximum atomic E-state index is 6.28. The van der Waals surface area contributed by atoms with Crippen LogP contribution in [0.3, 0.4) is 0 Å². The standard InChI is InChI=1S/C16H17BrClNO/c1-3-19-10-12-5-4-6-14(18)16(12)20-15-8-7-13(17)9-11(15)2/h4-9,19H,3,10H2,1-2H3. The van der Waals surface area contributed by atoms with E-state index in [2.05, 4.69) is 28.2 Å². The average molecular weight is 355 g/mol. The fourth-order valence-electron chi connectivity index (χ4n) is 1.90. The molecule has 0 radical (unpaired) electrons. The molecule has 2 nitrogen and oxygen atoms in total. The van der Waals surface area contributed by atoms with Crippen LogP contribution in [-0.2, 0) is 6.54 Å². The molecule has 1 N–H and O–H groups in total. The lowest BCUT2D eigenvalue weighted by Gasteiger charge is -2.15. The van der Waals surface area contributed by atoms with E-state index < -0.39 is 0 Å². The summed E-state index contributed by atoms with van der Waals surface area (Å²) >= 11 is 9.73. The summed E-state index contributed by atoms with van der Waals surface area (Å²) in [5, 5.41) is 3.92. The predicted octanol–water partition coefficient (Wildman–Crippen LogP) is 5.31. The first kappa shape index (κ1) is 15.4. The molecule has 2 aromatic rings. The van der Waals surface area contributed by atoms with Crippen LogP contribution in [0.5, 0.6) is 11.5 Å². The van der Waals surface area contributed by atoms with Gasteiger partial charge < -0.3 is 10.1 Å². The highest BCUT2D eigenvalue weighted by atomic mass is 79.9. The molecule has 0 aliphatic carbocycles. The molecule has 0 heterocycles. The first-order valence-electron chi connectivity index (χ1n) is 6.54. The van der Waals surface area contributed by atoms with Crippen molar-refractivity contribution in [1.29, 1.82) is 0 Å². The third kappa shape index (κ3) is 3.75. The van der Waals surface area contributed by atoms with Crippen LogP contribution in [0.1, 0.15) is 18.1 Å². The normalized spacial score (nSPS) is 10.6. The molecule has 0 aliphatic heterocycles. The Morgan fingerprint density at radius 3 is 2.75 bits per heavy atom. The van der Waals surface area contributed by atoms with Crippen molar-refractivity contribution in [2.45, 2.75) is 20.4 Å². The zero-order valence-electron chi connectivity index (χ0n) is 11.5. The van der Waals surface area contributed by atoms with E-state index in [4.69, 9.17) is 16.3 Å². The summed E-state index contributed by atoms with van der Waals surface area (Å²) in [6, 6.07) is 11.7. The van der Waals surface area contributed by atoms with E-state index in [1.54, 1.807) is 0 Å². The molecule has 0 saturated heterocycles. The van der Waals surface area contributed by atoms with Crippen molar-refractivity contribution in [2.24, 2.45) is 0 Å². The minimum atomic E-state index is 0.628. The fraction of sp³-hybridized carbons (Fsp3) is 0.250. The van der Waals surface area contributed by atoms with Crippen LogP contribution in [-0.4, -0.2) is 6.54 Å². The SMILES string of the molecule is CCNCc1cccc(Cl)c1Oc1ccc(Br)cc1C. The predicted molar refractivity (Wildman–Crippen MR) is 87.8 cm³/mol. The van der Waals surface area contributed by atoms with Gasteiger partial charge in [0.2, 0.25) is 0 Å². The quantitative estimate of drug-likeness (QED) is 0.785. The van der Waals surface area contributed by atoms with Crippen LogP contribution >= 0.6 is 27.5 Å². The highest BCUT2D eigenvalue weighted by Crippen LogP contribution is 2.35. The summed E-state index contributed by atoms with van der Waals surface area (Å²) in [4.78, 5) is 0. The first-order valence-corrected chi connectivity index (χ1v) is 7.71. The number of benzene rings is 2. The number of aryl methyl sites for hydroxylation is 1. The zero-order valence-corrected chi connectivity index (χ0v) is 13.9. The summed E-state index contributed by atoms with van der Waals surface area (Å²) in [6.45, 7) is 5.73. The van der Waals surface area contributed by atoms with Gasteiger partial charge in [0.25, 0.3) is 0 Å². The molecule has 106 valence electrons. The second-order valence-electron chi connectivity index (χ2n) is 4.52. The minimum Gasteiger partial charge on any atom is -0.455 e. The first-order chi connectivity index (χ1) is 9.61. The molecule has 0 unspecified atom stereocenters. The Morgan fingerprint density at radius 2 is 2.05 bits per heavy atom. The molecule has 0 spiro atoms. The van der Waals surface area contributed by atoms with Crippen LogP contribution in [0.25, 0.3) is 0 Å². The number of halogens is 2. The van der Waals surface area contributed by atoms with Crippen LogP contribution in [0.4, 0.5) is 0 Å². The van der Waals surface area contributed by atoms with Crippen LogP contribution in [0.15, 0.2) is 40.9 Å². The Morgan fingerprint density at radius 1 is 1.25 bits per heavy atom. The second kappa shape index (κ2) is 7.11. The number of hydrogen-bond donors (Lipinski definition) is 1. The van der Waals surface area contributed by atoms with Crippen molar-refractivity contribution in [3.8, 4) is 11.5 Å². The summed E-state index contributed by atoms with van der Waals surface area (Å²) in [5.74, 6) is 1.54. The summed E-state index contributed by atoms with van der Waals surface area (Å²) in [5.41, 5.74) is 2.12. The van der Waals surface area contributed by atoms with E-state index >= 15 is 0 Å². The highest BCUT2D eigenvalue weighted by Gasteiger charge is 2.11. The molecule has 0 amide bonds. The third-order valence-electron chi connectivity index (χ3n) is 2.96. The van der Waals surface area contributed by atoms with E-state index in [0.717, 1.165) is 40.2 Å². The Hall–Kier alpha value is -1.03. The van der Waals surface area contributed by atoms with Gasteiger partial charge >= 0.3 is 0 Å². The van der Waals surface area contributed by atoms with Crippen molar-refractivity contribution >= 4 is 27.5 Å². The number of ether oxygens (including phenoxy) is 1. The molecule has 0 aliphatic rings. The van der Waals surface area contributed by atoms with Gasteiger partial charge in [0.1, 0.15) is 5.75 Å². The van der Waals surface area contributed by atoms with Crippen molar-refractivity contribution in [1.82, 2.24) is 5.32 Å².